The fraction of sp³-hybridized carbons (Fsp3) is 0.429. The van der Waals surface area contributed by atoms with E-state index in [2.05, 4.69) is 52.5 Å². The molecule has 0 saturated heterocycles. The van der Waals surface area contributed by atoms with Gasteiger partial charge in [-0.05, 0) is 47.1 Å². The van der Waals surface area contributed by atoms with Crippen molar-refractivity contribution in [1.82, 2.24) is 0 Å². The van der Waals surface area contributed by atoms with Crippen LogP contribution >= 0.6 is 27.3 Å². The minimum Gasteiger partial charge on any atom is -0.144 e. The van der Waals surface area contributed by atoms with Gasteiger partial charge in [-0.15, -0.1) is 11.3 Å². The van der Waals surface area contributed by atoms with E-state index in [0.29, 0.717) is 10.2 Å². The van der Waals surface area contributed by atoms with Gasteiger partial charge in [-0.1, -0.05) is 41.1 Å². The van der Waals surface area contributed by atoms with Gasteiger partial charge in [-0.25, -0.2) is 0 Å². The molecule has 3 rings (SSSR count). The number of alkyl halides is 1. The van der Waals surface area contributed by atoms with Crippen molar-refractivity contribution in [3.05, 3.63) is 35.2 Å². The maximum Gasteiger partial charge on any atom is 0.0380 e. The minimum atomic E-state index is 0.374. The van der Waals surface area contributed by atoms with Gasteiger partial charge in [0, 0.05) is 9.53 Å². The number of fused-ring (bicyclic) bond motifs is 1. The second-order valence-corrected chi connectivity index (χ2v) is 7.26. The van der Waals surface area contributed by atoms with E-state index in [-0.39, 0.29) is 0 Å². The maximum absolute atomic E-state index is 3.77. The first-order valence-electron chi connectivity index (χ1n) is 5.80. The van der Waals surface area contributed by atoms with E-state index in [1.807, 2.05) is 11.3 Å². The maximum atomic E-state index is 3.77. The molecule has 1 aliphatic rings. The van der Waals surface area contributed by atoms with Crippen LogP contribution in [0.4, 0.5) is 0 Å². The summed E-state index contributed by atoms with van der Waals surface area (Å²) in [6.07, 6.45) is 3.88. The lowest BCUT2D eigenvalue weighted by molar-refractivity contribution is 0.498. The molecule has 0 aliphatic heterocycles. The molecule has 0 bridgehead atoms. The Balaban J connectivity index is 2.15. The standard InChI is InChI=1S/C14H15BrS/c1-14(7-5-11(15)9-14)12-4-2-3-10-6-8-16-13(10)12/h2-4,6,8,11H,5,7,9H2,1H3. The second-order valence-electron chi connectivity index (χ2n) is 5.05. The largest absolute Gasteiger partial charge is 0.144 e. The first-order valence-corrected chi connectivity index (χ1v) is 7.59. The lowest BCUT2D eigenvalue weighted by atomic mass is 9.81. The van der Waals surface area contributed by atoms with Crippen molar-refractivity contribution in [2.75, 3.05) is 0 Å². The molecule has 0 amide bonds. The molecule has 1 fully saturated rings. The van der Waals surface area contributed by atoms with Gasteiger partial charge in [0.15, 0.2) is 0 Å². The monoisotopic (exact) mass is 294 g/mol. The molecular weight excluding hydrogens is 280 g/mol. The van der Waals surface area contributed by atoms with Crippen LogP contribution in [-0.2, 0) is 5.41 Å². The highest BCUT2D eigenvalue weighted by Crippen LogP contribution is 2.46. The van der Waals surface area contributed by atoms with Gasteiger partial charge in [0.05, 0.1) is 0 Å². The molecule has 0 nitrogen and oxygen atoms in total. The van der Waals surface area contributed by atoms with E-state index in [1.54, 1.807) is 5.56 Å². The molecule has 1 saturated carbocycles. The first kappa shape index (κ1) is 10.8. The minimum absolute atomic E-state index is 0.374. The van der Waals surface area contributed by atoms with Crippen LogP contribution in [0.2, 0.25) is 0 Å². The Kier molecular flexibility index (Phi) is 2.60. The highest BCUT2D eigenvalue weighted by molar-refractivity contribution is 9.09. The van der Waals surface area contributed by atoms with Gasteiger partial charge in [-0.3, -0.25) is 0 Å². The molecule has 2 unspecified atom stereocenters. The molecule has 2 atom stereocenters. The molecule has 84 valence electrons. The number of hydrogen-bond acceptors (Lipinski definition) is 1. The van der Waals surface area contributed by atoms with Gasteiger partial charge in [0.2, 0.25) is 0 Å². The van der Waals surface area contributed by atoms with Crippen LogP contribution in [0.5, 0.6) is 0 Å². The molecule has 0 spiro atoms. The molecule has 16 heavy (non-hydrogen) atoms. The molecule has 0 radical (unpaired) electrons. The molecule has 0 N–H and O–H groups in total. The Labute approximate surface area is 109 Å². The number of benzene rings is 1. The van der Waals surface area contributed by atoms with E-state index >= 15 is 0 Å². The summed E-state index contributed by atoms with van der Waals surface area (Å²) < 4.78 is 1.49. The molecule has 1 heterocycles. The lowest BCUT2D eigenvalue weighted by Crippen LogP contribution is -2.17. The van der Waals surface area contributed by atoms with Crippen LogP contribution in [0, 0.1) is 0 Å². The van der Waals surface area contributed by atoms with Crippen LogP contribution < -0.4 is 0 Å². The van der Waals surface area contributed by atoms with Crippen LogP contribution in [0.15, 0.2) is 29.6 Å². The average Bonchev–Trinajstić information content (AvgIpc) is 2.85. The van der Waals surface area contributed by atoms with Crippen LogP contribution in [0.3, 0.4) is 0 Å². The molecule has 1 aromatic heterocycles. The summed E-state index contributed by atoms with van der Waals surface area (Å²) in [6, 6.07) is 8.98. The fourth-order valence-corrected chi connectivity index (χ4v) is 4.89. The number of rotatable bonds is 1. The van der Waals surface area contributed by atoms with E-state index in [1.165, 1.54) is 29.3 Å². The lowest BCUT2D eigenvalue weighted by Gasteiger charge is -2.25. The van der Waals surface area contributed by atoms with E-state index in [0.717, 1.165) is 0 Å². The van der Waals surface area contributed by atoms with Gasteiger partial charge in [0.25, 0.3) is 0 Å². The normalized spacial score (nSPS) is 30.0. The van der Waals surface area contributed by atoms with Gasteiger partial charge in [0.1, 0.15) is 0 Å². The number of hydrogen-bond donors (Lipinski definition) is 0. The molecular formula is C14H15BrS. The molecule has 2 heteroatoms. The van der Waals surface area contributed by atoms with Crippen molar-refractivity contribution >= 4 is 37.4 Å². The summed E-state index contributed by atoms with van der Waals surface area (Å²) in [4.78, 5) is 0.702. The third kappa shape index (κ3) is 1.63. The van der Waals surface area contributed by atoms with Crippen molar-refractivity contribution in [3.63, 3.8) is 0 Å². The van der Waals surface area contributed by atoms with Crippen molar-refractivity contribution < 1.29 is 0 Å². The van der Waals surface area contributed by atoms with E-state index in [9.17, 15) is 0 Å². The van der Waals surface area contributed by atoms with Crippen LogP contribution in [0.25, 0.3) is 10.1 Å². The SMILES string of the molecule is CC1(c2cccc3ccsc23)CCC(Br)C1. The third-order valence-corrected chi connectivity index (χ3v) is 5.56. The first-order chi connectivity index (χ1) is 7.69. The zero-order chi connectivity index (χ0) is 11.2. The molecule has 1 aliphatic carbocycles. The Hall–Kier alpha value is -0.340. The van der Waals surface area contributed by atoms with E-state index in [4.69, 9.17) is 0 Å². The van der Waals surface area contributed by atoms with E-state index < -0.39 is 0 Å². The van der Waals surface area contributed by atoms with Crippen molar-refractivity contribution in [3.8, 4) is 0 Å². The topological polar surface area (TPSA) is 0 Å². The number of thiophene rings is 1. The van der Waals surface area contributed by atoms with Crippen molar-refractivity contribution in [2.45, 2.75) is 36.4 Å². The van der Waals surface area contributed by atoms with Crippen LogP contribution in [0.1, 0.15) is 31.7 Å². The van der Waals surface area contributed by atoms with Gasteiger partial charge >= 0.3 is 0 Å². The summed E-state index contributed by atoms with van der Waals surface area (Å²) in [6.45, 7) is 2.42. The fourth-order valence-electron chi connectivity index (χ4n) is 2.88. The number of halogens is 1. The predicted molar refractivity (Wildman–Crippen MR) is 75.7 cm³/mol. The highest BCUT2D eigenvalue weighted by atomic mass is 79.9. The summed E-state index contributed by atoms with van der Waals surface area (Å²) in [7, 11) is 0. The molecule has 2 aromatic rings. The Morgan fingerprint density at radius 2 is 2.25 bits per heavy atom. The second kappa shape index (κ2) is 3.85. The zero-order valence-corrected chi connectivity index (χ0v) is 11.8. The average molecular weight is 295 g/mol. The Morgan fingerprint density at radius 3 is 3.00 bits per heavy atom. The van der Waals surface area contributed by atoms with Crippen molar-refractivity contribution in [2.24, 2.45) is 0 Å². The van der Waals surface area contributed by atoms with Gasteiger partial charge in [-0.2, -0.15) is 0 Å². The third-order valence-electron chi connectivity index (χ3n) is 3.81. The summed E-state index contributed by atoms with van der Waals surface area (Å²) in [5.41, 5.74) is 1.93. The molecule has 1 aromatic carbocycles. The summed E-state index contributed by atoms with van der Waals surface area (Å²) in [5.74, 6) is 0. The summed E-state index contributed by atoms with van der Waals surface area (Å²) in [5, 5.41) is 3.61. The quantitative estimate of drug-likeness (QED) is 0.642. The van der Waals surface area contributed by atoms with Crippen LogP contribution in [-0.4, -0.2) is 4.83 Å². The predicted octanol–water partition coefficient (Wildman–Crippen LogP) is 5.11. The van der Waals surface area contributed by atoms with Crippen molar-refractivity contribution in [1.29, 1.82) is 0 Å². The highest BCUT2D eigenvalue weighted by Gasteiger charge is 2.36. The Morgan fingerprint density at radius 1 is 1.38 bits per heavy atom. The Bertz CT molecular complexity index is 516. The van der Waals surface area contributed by atoms with Gasteiger partial charge < -0.3 is 0 Å². The zero-order valence-electron chi connectivity index (χ0n) is 9.37. The smallest absolute Gasteiger partial charge is 0.0380 e. The summed E-state index contributed by atoms with van der Waals surface area (Å²) >= 11 is 5.65.